The van der Waals surface area contributed by atoms with Crippen molar-refractivity contribution in [3.05, 3.63) is 45.7 Å². The van der Waals surface area contributed by atoms with Crippen LogP contribution in [0.4, 0.5) is 9.52 Å². The van der Waals surface area contributed by atoms with Crippen molar-refractivity contribution in [3.63, 3.8) is 0 Å². The fourth-order valence-electron chi connectivity index (χ4n) is 1.32. The summed E-state index contributed by atoms with van der Waals surface area (Å²) in [7, 11) is 0. The lowest BCUT2D eigenvalue weighted by Gasteiger charge is -2.05. The van der Waals surface area contributed by atoms with Gasteiger partial charge in [0.1, 0.15) is 10.7 Å². The van der Waals surface area contributed by atoms with E-state index in [1.807, 2.05) is 0 Å². The molecule has 2 rings (SSSR count). The predicted molar refractivity (Wildman–Crippen MR) is 69.1 cm³/mol. The first-order valence-electron chi connectivity index (χ1n) is 4.99. The van der Waals surface area contributed by atoms with Gasteiger partial charge in [-0.15, -0.1) is 0 Å². The molecule has 0 aliphatic carbocycles. The first kappa shape index (κ1) is 12.8. The van der Waals surface area contributed by atoms with E-state index in [2.05, 4.69) is 10.3 Å². The number of rotatable bonds is 3. The molecule has 0 spiro atoms. The van der Waals surface area contributed by atoms with Crippen molar-refractivity contribution in [2.24, 2.45) is 0 Å². The largest absolute Gasteiger partial charge is 0.375 e. The van der Waals surface area contributed by atoms with Crippen LogP contribution in [0.3, 0.4) is 0 Å². The van der Waals surface area contributed by atoms with E-state index in [0.29, 0.717) is 15.6 Å². The average Bonchev–Trinajstić information content (AvgIpc) is 2.74. The normalized spacial score (nSPS) is 10.3. The number of benzene rings is 1. The maximum atomic E-state index is 12.8. The molecular weight excluding hydrogens is 277 g/mol. The number of nitrogen functional groups attached to an aromatic ring is 1. The van der Waals surface area contributed by atoms with Gasteiger partial charge in [0, 0.05) is 11.6 Å². The summed E-state index contributed by atoms with van der Waals surface area (Å²) in [5.41, 5.74) is 6.07. The van der Waals surface area contributed by atoms with Crippen LogP contribution in [-0.2, 0) is 6.54 Å². The van der Waals surface area contributed by atoms with E-state index in [1.54, 1.807) is 0 Å². The van der Waals surface area contributed by atoms with Gasteiger partial charge in [-0.2, -0.15) is 0 Å². The number of hydrogen-bond acceptors (Lipinski definition) is 4. The highest BCUT2D eigenvalue weighted by Crippen LogP contribution is 2.18. The third-order valence-corrected chi connectivity index (χ3v) is 3.38. The highest BCUT2D eigenvalue weighted by molar-refractivity contribution is 7.17. The van der Waals surface area contributed by atoms with E-state index < -0.39 is 5.82 Å². The Labute approximate surface area is 112 Å². The Kier molecular flexibility index (Phi) is 3.78. The highest BCUT2D eigenvalue weighted by Gasteiger charge is 2.10. The minimum Gasteiger partial charge on any atom is -0.375 e. The van der Waals surface area contributed by atoms with Gasteiger partial charge in [-0.25, -0.2) is 9.37 Å². The zero-order chi connectivity index (χ0) is 13.1. The molecule has 3 N–H and O–H groups in total. The second-order valence-electron chi connectivity index (χ2n) is 3.48. The van der Waals surface area contributed by atoms with Crippen LogP contribution in [0.25, 0.3) is 0 Å². The van der Waals surface area contributed by atoms with Crippen LogP contribution in [0.15, 0.2) is 24.4 Å². The Bertz CT molecular complexity index is 587. The van der Waals surface area contributed by atoms with Crippen molar-refractivity contribution in [1.29, 1.82) is 0 Å². The number of nitrogens with two attached hydrogens (primary N) is 1. The number of hydrogen-bond donors (Lipinski definition) is 2. The fraction of sp³-hybridized carbons (Fsp3) is 0.0909. The zero-order valence-electron chi connectivity index (χ0n) is 9.11. The summed E-state index contributed by atoms with van der Waals surface area (Å²) in [4.78, 5) is 15.9. The molecule has 0 radical (unpaired) electrons. The lowest BCUT2D eigenvalue weighted by molar-refractivity contribution is 0.0955. The summed E-state index contributed by atoms with van der Waals surface area (Å²) in [5, 5.41) is 3.27. The Hall–Kier alpha value is -1.66. The predicted octanol–water partition coefficient (Wildman–Crippen LogP) is 2.45. The molecule has 0 saturated carbocycles. The standard InChI is InChI=1S/C11H9ClFN3OS/c12-8-3-7(13)2-1-6(8)4-15-10(17)9-5-16-11(14)18-9/h1-3,5H,4H2,(H2,14,16)(H,15,17). The quantitative estimate of drug-likeness (QED) is 0.910. The second kappa shape index (κ2) is 5.32. The third kappa shape index (κ3) is 2.96. The van der Waals surface area contributed by atoms with Gasteiger partial charge in [0.05, 0.1) is 6.20 Å². The minimum atomic E-state index is -0.412. The average molecular weight is 286 g/mol. The van der Waals surface area contributed by atoms with Gasteiger partial charge in [-0.05, 0) is 17.7 Å². The lowest BCUT2D eigenvalue weighted by atomic mass is 10.2. The molecule has 0 aliphatic rings. The van der Waals surface area contributed by atoms with Crippen molar-refractivity contribution in [1.82, 2.24) is 10.3 Å². The van der Waals surface area contributed by atoms with Crippen LogP contribution in [-0.4, -0.2) is 10.9 Å². The molecule has 0 bridgehead atoms. The number of carbonyl (C=O) groups is 1. The van der Waals surface area contributed by atoms with E-state index in [4.69, 9.17) is 17.3 Å². The van der Waals surface area contributed by atoms with E-state index in [9.17, 15) is 9.18 Å². The highest BCUT2D eigenvalue weighted by atomic mass is 35.5. The van der Waals surface area contributed by atoms with Gasteiger partial charge in [0.15, 0.2) is 5.13 Å². The molecule has 7 heteroatoms. The first-order chi connectivity index (χ1) is 8.56. The van der Waals surface area contributed by atoms with E-state index in [0.717, 1.165) is 11.3 Å². The van der Waals surface area contributed by atoms with Gasteiger partial charge in [0.25, 0.3) is 5.91 Å². The van der Waals surface area contributed by atoms with E-state index in [-0.39, 0.29) is 17.5 Å². The van der Waals surface area contributed by atoms with Crippen molar-refractivity contribution in [2.75, 3.05) is 5.73 Å². The number of aromatic nitrogens is 1. The molecule has 0 atom stereocenters. The maximum absolute atomic E-state index is 12.8. The molecule has 94 valence electrons. The van der Waals surface area contributed by atoms with Gasteiger partial charge >= 0.3 is 0 Å². The summed E-state index contributed by atoms with van der Waals surface area (Å²) in [6, 6.07) is 4.02. The number of thiazole rings is 1. The Morgan fingerprint density at radius 3 is 2.94 bits per heavy atom. The number of nitrogens with zero attached hydrogens (tertiary/aromatic N) is 1. The van der Waals surface area contributed by atoms with Crippen LogP contribution in [0.2, 0.25) is 5.02 Å². The Morgan fingerprint density at radius 1 is 1.56 bits per heavy atom. The summed E-state index contributed by atoms with van der Waals surface area (Å²) in [6.07, 6.45) is 1.40. The molecule has 0 saturated heterocycles. The van der Waals surface area contributed by atoms with Crippen LogP contribution in [0.1, 0.15) is 15.2 Å². The molecule has 0 unspecified atom stereocenters. The van der Waals surface area contributed by atoms with Crippen molar-refractivity contribution >= 4 is 34.0 Å². The first-order valence-corrected chi connectivity index (χ1v) is 6.19. The van der Waals surface area contributed by atoms with Gasteiger partial charge in [-0.3, -0.25) is 4.79 Å². The zero-order valence-corrected chi connectivity index (χ0v) is 10.7. The number of amides is 1. The molecule has 4 nitrogen and oxygen atoms in total. The van der Waals surface area contributed by atoms with Crippen molar-refractivity contribution in [3.8, 4) is 0 Å². The molecule has 2 aromatic rings. The smallest absolute Gasteiger partial charge is 0.263 e. The molecule has 1 aromatic heterocycles. The van der Waals surface area contributed by atoms with E-state index >= 15 is 0 Å². The summed E-state index contributed by atoms with van der Waals surface area (Å²) in [6.45, 7) is 0.218. The topological polar surface area (TPSA) is 68.0 Å². The minimum absolute atomic E-state index is 0.218. The van der Waals surface area contributed by atoms with Crippen LogP contribution < -0.4 is 11.1 Å². The molecule has 1 amide bonds. The van der Waals surface area contributed by atoms with Gasteiger partial charge in [0.2, 0.25) is 0 Å². The van der Waals surface area contributed by atoms with Gasteiger partial charge in [-0.1, -0.05) is 29.0 Å². The maximum Gasteiger partial charge on any atom is 0.263 e. The molecule has 18 heavy (non-hydrogen) atoms. The molecule has 0 fully saturated rings. The van der Waals surface area contributed by atoms with Gasteiger partial charge < -0.3 is 11.1 Å². The monoisotopic (exact) mass is 285 g/mol. The number of carbonyl (C=O) groups excluding carboxylic acids is 1. The van der Waals surface area contributed by atoms with E-state index in [1.165, 1.54) is 24.4 Å². The van der Waals surface area contributed by atoms with Crippen LogP contribution in [0.5, 0.6) is 0 Å². The van der Waals surface area contributed by atoms with Crippen molar-refractivity contribution in [2.45, 2.75) is 6.54 Å². The summed E-state index contributed by atoms with van der Waals surface area (Å²) >= 11 is 6.94. The van der Waals surface area contributed by atoms with Crippen molar-refractivity contribution < 1.29 is 9.18 Å². The second-order valence-corrected chi connectivity index (χ2v) is 4.95. The molecule has 1 heterocycles. The molecule has 1 aromatic carbocycles. The number of anilines is 1. The SMILES string of the molecule is Nc1ncc(C(=O)NCc2ccc(F)cc2Cl)s1. The molecule has 0 aliphatic heterocycles. The Morgan fingerprint density at radius 2 is 2.33 bits per heavy atom. The summed E-state index contributed by atoms with van der Waals surface area (Å²) in [5.74, 6) is -0.699. The lowest BCUT2D eigenvalue weighted by Crippen LogP contribution is -2.22. The number of nitrogens with one attached hydrogen (secondary N) is 1. The fourth-order valence-corrected chi connectivity index (χ4v) is 2.16. The third-order valence-electron chi connectivity index (χ3n) is 2.20. The number of halogens is 2. The van der Waals surface area contributed by atoms with Crippen LogP contribution in [0, 0.1) is 5.82 Å². The molecular formula is C11H9ClFN3OS. The summed E-state index contributed by atoms with van der Waals surface area (Å²) < 4.78 is 12.8. The Balaban J connectivity index is 2.01. The van der Waals surface area contributed by atoms with Crippen LogP contribution >= 0.6 is 22.9 Å².